The van der Waals surface area contributed by atoms with E-state index in [2.05, 4.69) is 0 Å². The van der Waals surface area contributed by atoms with E-state index in [0.717, 1.165) is 0 Å². The molecule has 0 radical (unpaired) electrons. The summed E-state index contributed by atoms with van der Waals surface area (Å²) in [6.45, 7) is 2.00. The van der Waals surface area contributed by atoms with Crippen LogP contribution >= 0.6 is 0 Å². The number of benzene rings is 2. The Balaban J connectivity index is 1.39. The van der Waals surface area contributed by atoms with Gasteiger partial charge in [0, 0.05) is 38.3 Å². The molecule has 0 atom stereocenters. The molecule has 1 N–H and O–H groups in total. The number of rotatable bonds is 3. The minimum absolute atomic E-state index is 0.0545. The van der Waals surface area contributed by atoms with Gasteiger partial charge in [-0.15, -0.1) is 0 Å². The van der Waals surface area contributed by atoms with Crippen LogP contribution in [0.4, 0.5) is 5.69 Å². The van der Waals surface area contributed by atoms with Gasteiger partial charge in [-0.05, 0) is 42.8 Å². The van der Waals surface area contributed by atoms with E-state index < -0.39 is 10.0 Å². The first kappa shape index (κ1) is 20.2. The summed E-state index contributed by atoms with van der Waals surface area (Å²) < 4.78 is 25.5. The Hall–Kier alpha value is -3.07. The second kappa shape index (κ2) is 7.98. The van der Waals surface area contributed by atoms with Crippen molar-refractivity contribution in [1.82, 2.24) is 9.80 Å². The Labute approximate surface area is 175 Å². The lowest BCUT2D eigenvalue weighted by atomic mass is 10.1. The standard InChI is InChI=1S/C21H23N3O5S/c25-19-5-2-1-4-18(19)21(27)23-13-11-22(12-14-23)20(26)16-6-8-17(9-7-16)24-10-3-15-30(24,28)29/h1-2,4-9,25H,3,10-15H2. The number of para-hydroxylation sites is 1. The van der Waals surface area contributed by atoms with Crippen molar-refractivity contribution in [2.75, 3.05) is 42.8 Å². The first-order valence-electron chi connectivity index (χ1n) is 9.84. The number of nitrogens with zero attached hydrogens (tertiary/aromatic N) is 3. The number of hydrogen-bond acceptors (Lipinski definition) is 5. The van der Waals surface area contributed by atoms with Crippen molar-refractivity contribution in [3.8, 4) is 5.75 Å². The van der Waals surface area contributed by atoms with Gasteiger partial charge < -0.3 is 14.9 Å². The van der Waals surface area contributed by atoms with E-state index in [0.29, 0.717) is 50.4 Å². The van der Waals surface area contributed by atoms with Gasteiger partial charge in [0.15, 0.2) is 0 Å². The van der Waals surface area contributed by atoms with Gasteiger partial charge in [-0.2, -0.15) is 0 Å². The number of phenolic OH excluding ortho intramolecular Hbond substituents is 1. The lowest BCUT2D eigenvalue weighted by Gasteiger charge is -2.35. The van der Waals surface area contributed by atoms with E-state index in [-0.39, 0.29) is 28.9 Å². The van der Waals surface area contributed by atoms with Gasteiger partial charge in [0.2, 0.25) is 10.0 Å². The van der Waals surface area contributed by atoms with Crippen LogP contribution in [-0.2, 0) is 10.0 Å². The van der Waals surface area contributed by atoms with Gasteiger partial charge in [0.25, 0.3) is 11.8 Å². The number of phenols is 1. The van der Waals surface area contributed by atoms with Gasteiger partial charge in [-0.25, -0.2) is 8.42 Å². The van der Waals surface area contributed by atoms with E-state index in [1.807, 2.05) is 0 Å². The molecule has 2 fully saturated rings. The number of piperazine rings is 1. The van der Waals surface area contributed by atoms with E-state index in [1.165, 1.54) is 10.4 Å². The number of anilines is 1. The van der Waals surface area contributed by atoms with E-state index >= 15 is 0 Å². The largest absolute Gasteiger partial charge is 0.507 e. The van der Waals surface area contributed by atoms with Crippen molar-refractivity contribution in [3.63, 3.8) is 0 Å². The molecule has 2 aromatic carbocycles. The van der Waals surface area contributed by atoms with Crippen LogP contribution in [0, 0.1) is 0 Å². The van der Waals surface area contributed by atoms with Crippen LogP contribution in [0.1, 0.15) is 27.1 Å². The maximum absolute atomic E-state index is 12.8. The first-order valence-corrected chi connectivity index (χ1v) is 11.4. The number of amides is 2. The van der Waals surface area contributed by atoms with Gasteiger partial charge in [-0.1, -0.05) is 12.1 Å². The van der Waals surface area contributed by atoms with Crippen molar-refractivity contribution in [1.29, 1.82) is 0 Å². The van der Waals surface area contributed by atoms with Crippen molar-refractivity contribution < 1.29 is 23.1 Å². The maximum atomic E-state index is 12.8. The first-order chi connectivity index (χ1) is 14.4. The van der Waals surface area contributed by atoms with Gasteiger partial charge in [0.1, 0.15) is 5.75 Å². The molecule has 158 valence electrons. The number of carbonyl (C=O) groups is 2. The van der Waals surface area contributed by atoms with E-state index in [9.17, 15) is 23.1 Å². The fraction of sp³-hybridized carbons (Fsp3) is 0.333. The van der Waals surface area contributed by atoms with Crippen molar-refractivity contribution >= 4 is 27.5 Å². The highest BCUT2D eigenvalue weighted by Gasteiger charge is 2.29. The predicted octanol–water partition coefficient (Wildman–Crippen LogP) is 1.53. The average Bonchev–Trinajstić information content (AvgIpc) is 3.12. The smallest absolute Gasteiger partial charge is 0.257 e. The highest BCUT2D eigenvalue weighted by atomic mass is 32.2. The summed E-state index contributed by atoms with van der Waals surface area (Å²) in [4.78, 5) is 28.7. The molecule has 2 amide bonds. The number of hydrogen-bond donors (Lipinski definition) is 1. The molecule has 8 nitrogen and oxygen atoms in total. The molecule has 9 heteroatoms. The van der Waals surface area contributed by atoms with Crippen molar-refractivity contribution in [2.24, 2.45) is 0 Å². The zero-order chi connectivity index (χ0) is 21.3. The van der Waals surface area contributed by atoms with Gasteiger partial charge in [-0.3, -0.25) is 13.9 Å². The van der Waals surface area contributed by atoms with Crippen LogP contribution in [0.5, 0.6) is 5.75 Å². The van der Waals surface area contributed by atoms with Gasteiger partial charge >= 0.3 is 0 Å². The zero-order valence-corrected chi connectivity index (χ0v) is 17.2. The highest BCUT2D eigenvalue weighted by Crippen LogP contribution is 2.25. The topological polar surface area (TPSA) is 98.2 Å². The molecule has 2 aliphatic rings. The molecule has 0 bridgehead atoms. The second-order valence-corrected chi connectivity index (χ2v) is 9.40. The Morgan fingerprint density at radius 1 is 0.800 bits per heavy atom. The lowest BCUT2D eigenvalue weighted by molar-refractivity contribution is 0.0533. The third-order valence-electron chi connectivity index (χ3n) is 5.49. The summed E-state index contributed by atoms with van der Waals surface area (Å²) in [7, 11) is -3.25. The third kappa shape index (κ3) is 3.85. The molecular formula is C21H23N3O5S. The molecule has 4 rings (SSSR count). The molecule has 2 aliphatic heterocycles. The predicted molar refractivity (Wildman–Crippen MR) is 112 cm³/mol. The molecule has 0 saturated carbocycles. The fourth-order valence-corrected chi connectivity index (χ4v) is 5.38. The molecular weight excluding hydrogens is 406 g/mol. The Morgan fingerprint density at radius 2 is 1.40 bits per heavy atom. The Kier molecular flexibility index (Phi) is 5.38. The molecule has 0 unspecified atom stereocenters. The highest BCUT2D eigenvalue weighted by molar-refractivity contribution is 7.93. The van der Waals surface area contributed by atoms with Crippen LogP contribution in [0.3, 0.4) is 0 Å². The normalized spacial score (nSPS) is 18.5. The lowest BCUT2D eigenvalue weighted by Crippen LogP contribution is -2.50. The third-order valence-corrected chi connectivity index (χ3v) is 7.36. The van der Waals surface area contributed by atoms with Crippen LogP contribution in [0.2, 0.25) is 0 Å². The molecule has 2 aromatic rings. The molecule has 0 spiro atoms. The minimum atomic E-state index is -3.25. The quantitative estimate of drug-likeness (QED) is 0.798. The Bertz CT molecular complexity index is 1060. The average molecular weight is 429 g/mol. The fourth-order valence-electron chi connectivity index (χ4n) is 3.82. The van der Waals surface area contributed by atoms with Crippen molar-refractivity contribution in [3.05, 3.63) is 59.7 Å². The molecule has 0 aliphatic carbocycles. The van der Waals surface area contributed by atoms with E-state index in [1.54, 1.807) is 52.3 Å². The van der Waals surface area contributed by atoms with Crippen LogP contribution in [0.15, 0.2) is 48.5 Å². The van der Waals surface area contributed by atoms with Crippen molar-refractivity contribution in [2.45, 2.75) is 6.42 Å². The second-order valence-electron chi connectivity index (χ2n) is 7.39. The molecule has 0 aromatic heterocycles. The summed E-state index contributed by atoms with van der Waals surface area (Å²) in [5, 5.41) is 9.88. The zero-order valence-electron chi connectivity index (χ0n) is 16.4. The van der Waals surface area contributed by atoms with Crippen LogP contribution in [-0.4, -0.2) is 73.6 Å². The number of sulfonamides is 1. The van der Waals surface area contributed by atoms with E-state index in [4.69, 9.17) is 0 Å². The maximum Gasteiger partial charge on any atom is 0.257 e. The molecule has 2 saturated heterocycles. The number of carbonyl (C=O) groups excluding carboxylic acids is 2. The molecule has 2 heterocycles. The van der Waals surface area contributed by atoms with Crippen LogP contribution < -0.4 is 4.31 Å². The summed E-state index contributed by atoms with van der Waals surface area (Å²) in [6.07, 6.45) is 0.604. The summed E-state index contributed by atoms with van der Waals surface area (Å²) in [6, 6.07) is 13.0. The summed E-state index contributed by atoms with van der Waals surface area (Å²) >= 11 is 0. The summed E-state index contributed by atoms with van der Waals surface area (Å²) in [5.41, 5.74) is 1.31. The SMILES string of the molecule is O=C(c1ccc(N2CCCS2(=O)=O)cc1)N1CCN(C(=O)c2ccccc2O)CC1. The number of aromatic hydroxyl groups is 1. The monoisotopic (exact) mass is 429 g/mol. The Morgan fingerprint density at radius 3 is 1.97 bits per heavy atom. The van der Waals surface area contributed by atoms with Crippen LogP contribution in [0.25, 0.3) is 0 Å². The summed E-state index contributed by atoms with van der Waals surface area (Å²) in [5.74, 6) is -0.310. The molecule has 30 heavy (non-hydrogen) atoms. The van der Waals surface area contributed by atoms with Gasteiger partial charge in [0.05, 0.1) is 17.0 Å². The minimum Gasteiger partial charge on any atom is -0.507 e.